The molecule has 0 fully saturated rings. The monoisotopic (exact) mass is 526 g/mol. The molecule has 3 rings (SSSR count). The van der Waals surface area contributed by atoms with Crippen LogP contribution in [0.2, 0.25) is 10.0 Å². The van der Waals surface area contributed by atoms with Crippen molar-refractivity contribution in [3.63, 3.8) is 0 Å². The van der Waals surface area contributed by atoms with Crippen LogP contribution in [0.5, 0.6) is 5.75 Å². The van der Waals surface area contributed by atoms with Gasteiger partial charge in [0.1, 0.15) is 12.4 Å². The molecule has 6 nitrogen and oxygen atoms in total. The van der Waals surface area contributed by atoms with E-state index in [0.29, 0.717) is 39.0 Å². The van der Waals surface area contributed by atoms with Crippen LogP contribution in [0.1, 0.15) is 5.82 Å². The summed E-state index contributed by atoms with van der Waals surface area (Å²) in [5.74, 6) is 1.26. The average Bonchev–Trinajstić information content (AvgIpc) is 3.10. The zero-order chi connectivity index (χ0) is 21.5. The van der Waals surface area contributed by atoms with Gasteiger partial charge in [0.2, 0.25) is 5.91 Å². The summed E-state index contributed by atoms with van der Waals surface area (Å²) in [6, 6.07) is 12.3. The van der Waals surface area contributed by atoms with Crippen molar-refractivity contribution >= 4 is 62.5 Å². The Labute approximate surface area is 196 Å². The standard InChI is InChI=1S/C20H17BrCl2N4O2S/c1-2-9-27-18(11-29-15-6-4-14(22)5-7-15)25-26-20(27)30-12-19(28)24-17-8-3-13(21)10-16(17)23/h2-8,10H,1,9,11-12H2,(H,24,28). The Morgan fingerprint density at radius 2 is 2.00 bits per heavy atom. The fourth-order valence-corrected chi connectivity index (χ4v) is 4.04. The number of rotatable bonds is 9. The number of allylic oxidation sites excluding steroid dienone is 1. The molecule has 0 spiro atoms. The third-order valence-corrected chi connectivity index (χ3v) is 5.85. The quantitative estimate of drug-likeness (QED) is 0.279. The number of carbonyl (C=O) groups excluding carboxylic acids is 1. The van der Waals surface area contributed by atoms with Gasteiger partial charge in [0, 0.05) is 16.0 Å². The van der Waals surface area contributed by atoms with Crippen LogP contribution in [0, 0.1) is 0 Å². The number of anilines is 1. The van der Waals surface area contributed by atoms with Crippen molar-refractivity contribution in [2.45, 2.75) is 18.3 Å². The van der Waals surface area contributed by atoms with Gasteiger partial charge in [0.15, 0.2) is 11.0 Å². The normalized spacial score (nSPS) is 10.6. The van der Waals surface area contributed by atoms with Crippen molar-refractivity contribution < 1.29 is 9.53 Å². The maximum Gasteiger partial charge on any atom is 0.234 e. The van der Waals surface area contributed by atoms with E-state index in [9.17, 15) is 4.79 Å². The van der Waals surface area contributed by atoms with Gasteiger partial charge in [-0.3, -0.25) is 9.36 Å². The predicted molar refractivity (Wildman–Crippen MR) is 125 cm³/mol. The van der Waals surface area contributed by atoms with E-state index in [4.69, 9.17) is 27.9 Å². The van der Waals surface area contributed by atoms with E-state index in [1.165, 1.54) is 11.8 Å². The summed E-state index contributed by atoms with van der Waals surface area (Å²) < 4.78 is 8.44. The molecule has 0 saturated carbocycles. The molecule has 10 heteroatoms. The fraction of sp³-hybridized carbons (Fsp3) is 0.150. The van der Waals surface area contributed by atoms with Crippen LogP contribution < -0.4 is 10.1 Å². The summed E-state index contributed by atoms with van der Waals surface area (Å²) in [6.45, 7) is 4.50. The Bertz CT molecular complexity index is 1040. The van der Waals surface area contributed by atoms with Crippen LogP contribution >= 0.6 is 50.9 Å². The summed E-state index contributed by atoms with van der Waals surface area (Å²) in [7, 11) is 0. The minimum atomic E-state index is -0.198. The Hall–Kier alpha value is -2.00. The first-order chi connectivity index (χ1) is 14.5. The van der Waals surface area contributed by atoms with Crippen molar-refractivity contribution in [1.82, 2.24) is 14.8 Å². The highest BCUT2D eigenvalue weighted by atomic mass is 79.9. The molecule has 0 radical (unpaired) electrons. The highest BCUT2D eigenvalue weighted by molar-refractivity contribution is 9.10. The predicted octanol–water partition coefficient (Wildman–Crippen LogP) is 5.84. The molecule has 0 bridgehead atoms. The average molecular weight is 528 g/mol. The molecule has 1 N–H and O–H groups in total. The van der Waals surface area contributed by atoms with Crippen molar-refractivity contribution in [2.24, 2.45) is 0 Å². The summed E-state index contributed by atoms with van der Waals surface area (Å²) in [4.78, 5) is 12.3. The minimum absolute atomic E-state index is 0.152. The molecule has 0 aliphatic carbocycles. The van der Waals surface area contributed by atoms with Gasteiger partial charge in [-0.2, -0.15) is 0 Å². The molecule has 0 aliphatic rings. The van der Waals surface area contributed by atoms with Gasteiger partial charge in [-0.05, 0) is 42.5 Å². The summed E-state index contributed by atoms with van der Waals surface area (Å²) >= 11 is 16.6. The van der Waals surface area contributed by atoms with E-state index in [2.05, 4.69) is 38.0 Å². The lowest BCUT2D eigenvalue weighted by atomic mass is 10.3. The van der Waals surface area contributed by atoms with E-state index in [1.54, 1.807) is 42.5 Å². The van der Waals surface area contributed by atoms with E-state index in [1.807, 2.05) is 10.6 Å². The molecule has 0 aliphatic heterocycles. The van der Waals surface area contributed by atoms with Crippen LogP contribution in [0.25, 0.3) is 0 Å². The number of hydrogen-bond donors (Lipinski definition) is 1. The lowest BCUT2D eigenvalue weighted by Crippen LogP contribution is -2.15. The Morgan fingerprint density at radius 3 is 2.70 bits per heavy atom. The highest BCUT2D eigenvalue weighted by Crippen LogP contribution is 2.26. The van der Waals surface area contributed by atoms with Gasteiger partial charge in [0.05, 0.1) is 16.5 Å². The molecule has 156 valence electrons. The number of carbonyl (C=O) groups is 1. The third kappa shape index (κ3) is 6.25. The van der Waals surface area contributed by atoms with Gasteiger partial charge in [0.25, 0.3) is 0 Å². The molecule has 2 aromatic carbocycles. The SMILES string of the molecule is C=CCn1c(COc2ccc(Cl)cc2)nnc1SCC(=O)Nc1ccc(Br)cc1Cl. The fourth-order valence-electron chi connectivity index (χ4n) is 2.43. The number of ether oxygens (including phenoxy) is 1. The number of aromatic nitrogens is 3. The van der Waals surface area contributed by atoms with Crippen molar-refractivity contribution in [1.29, 1.82) is 0 Å². The molecule has 30 heavy (non-hydrogen) atoms. The second-order valence-electron chi connectivity index (χ2n) is 6.00. The molecular weight excluding hydrogens is 511 g/mol. The lowest BCUT2D eigenvalue weighted by Gasteiger charge is -2.10. The van der Waals surface area contributed by atoms with Crippen molar-refractivity contribution in [2.75, 3.05) is 11.1 Å². The summed E-state index contributed by atoms with van der Waals surface area (Å²) in [5, 5.41) is 12.9. The lowest BCUT2D eigenvalue weighted by molar-refractivity contribution is -0.113. The number of halogens is 3. The minimum Gasteiger partial charge on any atom is -0.486 e. The number of benzene rings is 2. The second-order valence-corrected chi connectivity index (χ2v) is 8.70. The van der Waals surface area contributed by atoms with E-state index >= 15 is 0 Å². The molecule has 3 aromatic rings. The van der Waals surface area contributed by atoms with E-state index < -0.39 is 0 Å². The van der Waals surface area contributed by atoms with Crippen LogP contribution in [-0.4, -0.2) is 26.4 Å². The topological polar surface area (TPSA) is 69.0 Å². The van der Waals surface area contributed by atoms with Crippen molar-refractivity contribution in [3.8, 4) is 5.75 Å². The first-order valence-corrected chi connectivity index (χ1v) is 11.3. The van der Waals surface area contributed by atoms with E-state index in [0.717, 1.165) is 4.47 Å². The first-order valence-electron chi connectivity index (χ1n) is 8.75. The van der Waals surface area contributed by atoms with Gasteiger partial charge in [-0.15, -0.1) is 16.8 Å². The number of thioether (sulfide) groups is 1. The highest BCUT2D eigenvalue weighted by Gasteiger charge is 2.15. The molecule has 0 atom stereocenters. The summed E-state index contributed by atoms with van der Waals surface area (Å²) in [5.41, 5.74) is 0.551. The molecule has 1 amide bonds. The number of amides is 1. The van der Waals surface area contributed by atoms with Crippen LogP contribution in [0.3, 0.4) is 0 Å². The zero-order valence-electron chi connectivity index (χ0n) is 15.6. The largest absolute Gasteiger partial charge is 0.486 e. The zero-order valence-corrected chi connectivity index (χ0v) is 19.6. The molecule has 1 heterocycles. The van der Waals surface area contributed by atoms with E-state index in [-0.39, 0.29) is 18.3 Å². The number of nitrogens with zero attached hydrogens (tertiary/aromatic N) is 3. The van der Waals surface area contributed by atoms with Crippen LogP contribution in [0.4, 0.5) is 5.69 Å². The van der Waals surface area contributed by atoms with Gasteiger partial charge < -0.3 is 10.1 Å². The second kappa shape index (κ2) is 10.9. The molecule has 0 unspecified atom stereocenters. The first kappa shape index (κ1) is 22.7. The van der Waals surface area contributed by atoms with Crippen LogP contribution in [0.15, 0.2) is 64.7 Å². The van der Waals surface area contributed by atoms with Crippen molar-refractivity contribution in [3.05, 3.63) is 75.5 Å². The molecule has 0 saturated heterocycles. The van der Waals surface area contributed by atoms with Gasteiger partial charge >= 0.3 is 0 Å². The maximum absolute atomic E-state index is 12.3. The molecule has 1 aromatic heterocycles. The smallest absolute Gasteiger partial charge is 0.234 e. The van der Waals surface area contributed by atoms with Gasteiger partial charge in [-0.25, -0.2) is 0 Å². The molecular formula is C20H17BrCl2N4O2S. The van der Waals surface area contributed by atoms with Crippen LogP contribution in [-0.2, 0) is 17.9 Å². The summed E-state index contributed by atoms with van der Waals surface area (Å²) in [6.07, 6.45) is 1.74. The third-order valence-electron chi connectivity index (χ3n) is 3.82. The Balaban J connectivity index is 1.61. The Kier molecular flexibility index (Phi) is 8.21. The maximum atomic E-state index is 12.3. The Morgan fingerprint density at radius 1 is 1.23 bits per heavy atom. The number of nitrogens with one attached hydrogen (secondary N) is 1. The number of hydrogen-bond acceptors (Lipinski definition) is 5. The van der Waals surface area contributed by atoms with Gasteiger partial charge in [-0.1, -0.05) is 57.0 Å².